The minimum Gasteiger partial charge on any atom is -0.267 e. The number of hydrogen-bond donors (Lipinski definition) is 2. The van der Waals surface area contributed by atoms with Gasteiger partial charge in [-0.2, -0.15) is 10.4 Å². The van der Waals surface area contributed by atoms with Crippen molar-refractivity contribution >= 4 is 20.8 Å². The van der Waals surface area contributed by atoms with Crippen LogP contribution in [0.25, 0.3) is 10.8 Å². The van der Waals surface area contributed by atoms with Crippen molar-refractivity contribution in [1.29, 1.82) is 5.26 Å². The van der Waals surface area contributed by atoms with Crippen LogP contribution in [0.3, 0.4) is 0 Å². The Kier molecular flexibility index (Phi) is 4.12. The first-order chi connectivity index (χ1) is 11.5. The number of nitrogens with one attached hydrogen (secondary N) is 2. The Bertz CT molecular complexity index is 1110. The number of nitrogens with zero attached hydrogens (tertiary/aromatic N) is 2. The molecule has 7 nitrogen and oxygen atoms in total. The van der Waals surface area contributed by atoms with E-state index in [2.05, 4.69) is 14.9 Å². The van der Waals surface area contributed by atoms with Crippen LogP contribution < -0.4 is 10.3 Å². The highest BCUT2D eigenvalue weighted by Gasteiger charge is 2.18. The van der Waals surface area contributed by atoms with Crippen LogP contribution in [0.5, 0.6) is 0 Å². The molecule has 0 aliphatic heterocycles. The smallest absolute Gasteiger partial charge is 0.267 e. The van der Waals surface area contributed by atoms with Crippen molar-refractivity contribution in [1.82, 2.24) is 14.9 Å². The summed E-state index contributed by atoms with van der Waals surface area (Å²) in [6, 6.07) is 14.6. The number of nitriles is 1. The van der Waals surface area contributed by atoms with Gasteiger partial charge in [-0.05, 0) is 18.2 Å². The van der Waals surface area contributed by atoms with Gasteiger partial charge in [0.2, 0.25) is 10.0 Å². The number of aromatic amines is 1. The van der Waals surface area contributed by atoms with E-state index in [0.29, 0.717) is 16.5 Å². The SMILES string of the molecule is N#Cc1ccccc1S(=O)(=O)NCc1n[nH]c(=O)c2ccccc12. The number of fused-ring (bicyclic) bond motifs is 1. The zero-order valence-electron chi connectivity index (χ0n) is 12.4. The molecule has 3 aromatic rings. The molecule has 0 saturated heterocycles. The largest absolute Gasteiger partial charge is 0.272 e. The van der Waals surface area contributed by atoms with E-state index in [1.807, 2.05) is 6.07 Å². The van der Waals surface area contributed by atoms with Crippen LogP contribution in [-0.4, -0.2) is 18.6 Å². The van der Waals surface area contributed by atoms with Gasteiger partial charge in [0.15, 0.2) is 0 Å². The molecule has 24 heavy (non-hydrogen) atoms. The van der Waals surface area contributed by atoms with Crippen LogP contribution in [0.1, 0.15) is 11.3 Å². The van der Waals surface area contributed by atoms with Gasteiger partial charge in [-0.1, -0.05) is 30.3 Å². The first-order valence-corrected chi connectivity index (χ1v) is 8.46. The minimum absolute atomic E-state index is 0.0595. The van der Waals surface area contributed by atoms with Crippen LogP contribution in [-0.2, 0) is 16.6 Å². The van der Waals surface area contributed by atoms with Gasteiger partial charge in [-0.25, -0.2) is 18.2 Å². The van der Waals surface area contributed by atoms with E-state index in [4.69, 9.17) is 5.26 Å². The molecular formula is C16H12N4O3S. The zero-order valence-corrected chi connectivity index (χ0v) is 13.2. The second-order valence-corrected chi connectivity index (χ2v) is 6.71. The van der Waals surface area contributed by atoms with E-state index in [0.717, 1.165) is 0 Å². The lowest BCUT2D eigenvalue weighted by atomic mass is 10.1. The lowest BCUT2D eigenvalue weighted by molar-refractivity contribution is 0.580. The van der Waals surface area contributed by atoms with Crippen molar-refractivity contribution in [3.8, 4) is 6.07 Å². The summed E-state index contributed by atoms with van der Waals surface area (Å²) in [6.07, 6.45) is 0. The van der Waals surface area contributed by atoms with Gasteiger partial charge in [0, 0.05) is 5.39 Å². The monoisotopic (exact) mass is 340 g/mol. The normalized spacial score (nSPS) is 11.3. The van der Waals surface area contributed by atoms with Gasteiger partial charge in [0.05, 0.1) is 28.1 Å². The van der Waals surface area contributed by atoms with Crippen LogP contribution in [0, 0.1) is 11.3 Å². The lowest BCUT2D eigenvalue weighted by Crippen LogP contribution is -2.25. The molecule has 8 heteroatoms. The highest BCUT2D eigenvalue weighted by molar-refractivity contribution is 7.89. The van der Waals surface area contributed by atoms with Crippen molar-refractivity contribution in [3.05, 3.63) is 70.1 Å². The Labute approximate surface area is 137 Å². The molecule has 1 aromatic heterocycles. The molecule has 0 atom stereocenters. The second-order valence-electron chi connectivity index (χ2n) is 4.98. The summed E-state index contributed by atoms with van der Waals surface area (Å²) in [5.74, 6) is 0. The highest BCUT2D eigenvalue weighted by atomic mass is 32.2. The van der Waals surface area contributed by atoms with Crippen LogP contribution in [0.2, 0.25) is 0 Å². The summed E-state index contributed by atoms with van der Waals surface area (Å²) >= 11 is 0. The quantitative estimate of drug-likeness (QED) is 0.742. The maximum atomic E-state index is 12.4. The summed E-state index contributed by atoms with van der Waals surface area (Å²) < 4.78 is 27.3. The fourth-order valence-electron chi connectivity index (χ4n) is 2.34. The maximum absolute atomic E-state index is 12.4. The van der Waals surface area contributed by atoms with Crippen LogP contribution >= 0.6 is 0 Å². The lowest BCUT2D eigenvalue weighted by Gasteiger charge is -2.09. The van der Waals surface area contributed by atoms with E-state index in [9.17, 15) is 13.2 Å². The fraction of sp³-hybridized carbons (Fsp3) is 0.0625. The number of hydrogen-bond acceptors (Lipinski definition) is 5. The Balaban J connectivity index is 1.95. The van der Waals surface area contributed by atoms with Crippen LogP contribution in [0.4, 0.5) is 0 Å². The Morgan fingerprint density at radius 1 is 1.08 bits per heavy atom. The van der Waals surface area contributed by atoms with E-state index >= 15 is 0 Å². The van der Waals surface area contributed by atoms with Crippen molar-refractivity contribution in [2.24, 2.45) is 0 Å². The summed E-state index contributed by atoms with van der Waals surface area (Å²) in [6.45, 7) is -0.112. The molecule has 0 spiro atoms. The Morgan fingerprint density at radius 3 is 2.50 bits per heavy atom. The van der Waals surface area contributed by atoms with Crippen molar-refractivity contribution in [2.45, 2.75) is 11.4 Å². The Hall–Kier alpha value is -3.02. The number of rotatable bonds is 4. The van der Waals surface area contributed by atoms with E-state index in [1.54, 1.807) is 36.4 Å². The molecular weight excluding hydrogens is 328 g/mol. The number of aromatic nitrogens is 2. The van der Waals surface area contributed by atoms with Gasteiger partial charge >= 0.3 is 0 Å². The molecule has 120 valence electrons. The molecule has 2 aromatic carbocycles. The molecule has 0 bridgehead atoms. The number of H-pyrrole nitrogens is 1. The third kappa shape index (κ3) is 2.90. The summed E-state index contributed by atoms with van der Waals surface area (Å²) in [4.78, 5) is 11.6. The van der Waals surface area contributed by atoms with Gasteiger partial charge in [-0.15, -0.1) is 0 Å². The topological polar surface area (TPSA) is 116 Å². The average molecular weight is 340 g/mol. The molecule has 1 heterocycles. The highest BCUT2D eigenvalue weighted by Crippen LogP contribution is 2.16. The first-order valence-electron chi connectivity index (χ1n) is 6.98. The minimum atomic E-state index is -3.88. The first kappa shape index (κ1) is 15.9. The standard InChI is InChI=1S/C16H12N4O3S/c17-9-11-5-1-4-8-15(11)24(22,23)18-10-14-12-6-2-3-7-13(12)16(21)20-19-14/h1-8,18H,10H2,(H,20,21). The van der Waals surface area contributed by atoms with Crippen molar-refractivity contribution in [3.63, 3.8) is 0 Å². The number of sulfonamides is 1. The summed E-state index contributed by atoms with van der Waals surface area (Å²) in [5, 5.41) is 16.3. The molecule has 0 unspecified atom stereocenters. The summed E-state index contributed by atoms with van der Waals surface area (Å²) in [7, 11) is -3.88. The maximum Gasteiger partial charge on any atom is 0.272 e. The third-order valence-electron chi connectivity index (χ3n) is 3.50. The van der Waals surface area contributed by atoms with Crippen LogP contribution in [0.15, 0.2) is 58.2 Å². The number of benzene rings is 2. The predicted octanol–water partition coefficient (Wildman–Crippen LogP) is 1.27. The van der Waals surface area contributed by atoms with Gasteiger partial charge in [0.1, 0.15) is 6.07 Å². The molecule has 0 fully saturated rings. The molecule has 3 rings (SSSR count). The zero-order chi connectivity index (χ0) is 17.2. The van der Waals surface area contributed by atoms with Crippen molar-refractivity contribution in [2.75, 3.05) is 0 Å². The van der Waals surface area contributed by atoms with Gasteiger partial charge in [0.25, 0.3) is 5.56 Å². The fourth-order valence-corrected chi connectivity index (χ4v) is 3.48. The van der Waals surface area contributed by atoms with E-state index in [-0.39, 0.29) is 22.6 Å². The molecule has 0 aliphatic carbocycles. The summed E-state index contributed by atoms with van der Waals surface area (Å²) in [5.41, 5.74) is 0.111. The third-order valence-corrected chi connectivity index (χ3v) is 4.96. The van der Waals surface area contributed by atoms with Gasteiger partial charge in [-0.3, -0.25) is 4.79 Å². The van der Waals surface area contributed by atoms with Crippen molar-refractivity contribution < 1.29 is 8.42 Å². The molecule has 0 aliphatic rings. The molecule has 0 radical (unpaired) electrons. The van der Waals surface area contributed by atoms with E-state index < -0.39 is 10.0 Å². The van der Waals surface area contributed by atoms with Gasteiger partial charge < -0.3 is 0 Å². The molecule has 0 saturated carbocycles. The average Bonchev–Trinajstić information content (AvgIpc) is 2.61. The molecule has 2 N–H and O–H groups in total. The molecule has 0 amide bonds. The van der Waals surface area contributed by atoms with E-state index in [1.165, 1.54) is 12.1 Å². The predicted molar refractivity (Wildman–Crippen MR) is 87.5 cm³/mol. The Morgan fingerprint density at radius 2 is 1.75 bits per heavy atom. The second kappa shape index (κ2) is 6.23.